The molecule has 0 unspecified atom stereocenters. The molecule has 6 nitrogen and oxygen atoms in total. The van der Waals surface area contributed by atoms with Crippen LogP contribution in [0.2, 0.25) is 0 Å². The summed E-state index contributed by atoms with van der Waals surface area (Å²) in [7, 11) is 0. The highest BCUT2D eigenvalue weighted by atomic mass is 32.2. The van der Waals surface area contributed by atoms with Crippen molar-refractivity contribution in [2.24, 2.45) is 0 Å². The van der Waals surface area contributed by atoms with Crippen molar-refractivity contribution < 1.29 is 18.0 Å². The van der Waals surface area contributed by atoms with Crippen molar-refractivity contribution in [1.82, 2.24) is 15.2 Å². The highest BCUT2D eigenvalue weighted by molar-refractivity contribution is 7.99. The molecule has 0 spiro atoms. The zero-order valence-corrected chi connectivity index (χ0v) is 17.0. The van der Waals surface area contributed by atoms with Crippen LogP contribution in [0, 0.1) is 11.6 Å². The first-order valence-electron chi connectivity index (χ1n) is 9.25. The first-order valence-corrected chi connectivity index (χ1v) is 11.1. The molecule has 3 aromatic rings. The molecule has 0 aliphatic heterocycles. The van der Waals surface area contributed by atoms with Crippen LogP contribution in [0.25, 0.3) is 11.3 Å². The number of hydrogen-bond acceptors (Lipinski definition) is 7. The second-order valence-corrected chi connectivity index (χ2v) is 8.53. The molecule has 10 heteroatoms. The molecule has 1 aliphatic rings. The minimum Gasteiger partial charge on any atom is -0.416 e. The van der Waals surface area contributed by atoms with E-state index in [1.54, 1.807) is 5.38 Å². The number of amides is 1. The molecular formula is C19H18F2N4O2S2. The van der Waals surface area contributed by atoms with Gasteiger partial charge in [0, 0.05) is 16.9 Å². The second-order valence-electron chi connectivity index (χ2n) is 6.74. The zero-order chi connectivity index (χ0) is 20.2. The van der Waals surface area contributed by atoms with E-state index in [2.05, 4.69) is 20.5 Å². The van der Waals surface area contributed by atoms with E-state index in [4.69, 9.17) is 4.42 Å². The van der Waals surface area contributed by atoms with E-state index in [1.807, 2.05) is 0 Å². The van der Waals surface area contributed by atoms with Gasteiger partial charge >= 0.3 is 0 Å². The van der Waals surface area contributed by atoms with Crippen molar-refractivity contribution in [3.63, 3.8) is 0 Å². The molecule has 1 saturated carbocycles. The summed E-state index contributed by atoms with van der Waals surface area (Å²) >= 11 is 2.38. The van der Waals surface area contributed by atoms with Crippen molar-refractivity contribution in [2.45, 2.75) is 43.2 Å². The summed E-state index contributed by atoms with van der Waals surface area (Å²) in [5.74, 6) is -1.04. The van der Waals surface area contributed by atoms with E-state index >= 15 is 0 Å². The molecule has 4 rings (SSSR count). The third-order valence-corrected chi connectivity index (χ3v) is 6.25. The normalized spacial score (nSPS) is 14.8. The smallest absolute Gasteiger partial charge is 0.277 e. The highest BCUT2D eigenvalue weighted by Crippen LogP contribution is 2.33. The summed E-state index contributed by atoms with van der Waals surface area (Å²) in [5.41, 5.74) is 0.905. The third kappa shape index (κ3) is 4.99. The fourth-order valence-electron chi connectivity index (χ4n) is 3.20. The van der Waals surface area contributed by atoms with Gasteiger partial charge in [0.1, 0.15) is 0 Å². The molecule has 1 amide bonds. The Morgan fingerprint density at radius 3 is 2.83 bits per heavy atom. The first-order chi connectivity index (χ1) is 14.1. The Morgan fingerprint density at radius 2 is 2.03 bits per heavy atom. The summed E-state index contributed by atoms with van der Waals surface area (Å²) in [6.07, 6.45) is 5.74. The number of anilines is 1. The minimum atomic E-state index is -0.940. The average molecular weight is 437 g/mol. The maximum atomic E-state index is 13.4. The SMILES string of the molecule is O=C(CSc1nnc(C2CCCCC2)o1)Nc1nc(-c2ccc(F)c(F)c2)cs1. The zero-order valence-electron chi connectivity index (χ0n) is 15.4. The van der Waals surface area contributed by atoms with Crippen LogP contribution in [0.4, 0.5) is 13.9 Å². The first kappa shape index (κ1) is 20.0. The molecule has 29 heavy (non-hydrogen) atoms. The van der Waals surface area contributed by atoms with Gasteiger partial charge in [-0.3, -0.25) is 4.79 Å². The lowest BCUT2D eigenvalue weighted by molar-refractivity contribution is -0.113. The molecule has 0 saturated heterocycles. The molecule has 2 heterocycles. The van der Waals surface area contributed by atoms with Crippen molar-refractivity contribution in [2.75, 3.05) is 11.1 Å². The van der Waals surface area contributed by atoms with Gasteiger partial charge in [0.25, 0.3) is 5.22 Å². The molecule has 1 aliphatic carbocycles. The number of nitrogens with zero attached hydrogens (tertiary/aromatic N) is 3. The van der Waals surface area contributed by atoms with Gasteiger partial charge < -0.3 is 9.73 Å². The van der Waals surface area contributed by atoms with Gasteiger partial charge in [-0.1, -0.05) is 31.0 Å². The molecule has 0 atom stereocenters. The van der Waals surface area contributed by atoms with Crippen molar-refractivity contribution in [3.8, 4) is 11.3 Å². The summed E-state index contributed by atoms with van der Waals surface area (Å²) in [5, 5.41) is 13.2. The van der Waals surface area contributed by atoms with Crippen LogP contribution >= 0.6 is 23.1 Å². The summed E-state index contributed by atoms with van der Waals surface area (Å²) < 4.78 is 32.1. The van der Waals surface area contributed by atoms with E-state index in [0.29, 0.717) is 33.4 Å². The maximum absolute atomic E-state index is 13.4. The maximum Gasteiger partial charge on any atom is 0.277 e. The van der Waals surface area contributed by atoms with Gasteiger partial charge in [0.05, 0.1) is 11.4 Å². The molecule has 0 bridgehead atoms. The van der Waals surface area contributed by atoms with Crippen molar-refractivity contribution >= 4 is 34.1 Å². The van der Waals surface area contributed by atoms with Gasteiger partial charge in [-0.05, 0) is 31.0 Å². The van der Waals surface area contributed by atoms with Crippen LogP contribution in [-0.4, -0.2) is 26.8 Å². The van der Waals surface area contributed by atoms with Crippen LogP contribution < -0.4 is 5.32 Å². The highest BCUT2D eigenvalue weighted by Gasteiger charge is 2.21. The summed E-state index contributed by atoms with van der Waals surface area (Å²) in [4.78, 5) is 16.4. The van der Waals surface area contributed by atoms with Crippen LogP contribution in [0.1, 0.15) is 43.9 Å². The van der Waals surface area contributed by atoms with Gasteiger partial charge in [-0.15, -0.1) is 21.5 Å². The molecule has 1 aromatic carbocycles. The Hall–Kier alpha value is -2.33. The number of hydrogen-bond donors (Lipinski definition) is 1. The second kappa shape index (κ2) is 9.00. The summed E-state index contributed by atoms with van der Waals surface area (Å²) in [6.45, 7) is 0. The van der Waals surface area contributed by atoms with Gasteiger partial charge in [0.2, 0.25) is 11.8 Å². The molecule has 1 N–H and O–H groups in total. The van der Waals surface area contributed by atoms with E-state index in [1.165, 1.54) is 48.4 Å². The summed E-state index contributed by atoms with van der Waals surface area (Å²) in [6, 6.07) is 3.56. The lowest BCUT2D eigenvalue weighted by Crippen LogP contribution is -2.13. The molecule has 152 valence electrons. The van der Waals surface area contributed by atoms with Gasteiger partial charge in [-0.25, -0.2) is 13.8 Å². The number of halogens is 2. The van der Waals surface area contributed by atoms with E-state index in [-0.39, 0.29) is 11.7 Å². The molecular weight excluding hydrogens is 418 g/mol. The minimum absolute atomic E-state index is 0.104. The Bertz CT molecular complexity index is 1000. The number of rotatable bonds is 6. The van der Waals surface area contributed by atoms with Crippen molar-refractivity contribution in [3.05, 3.63) is 41.1 Å². The number of thioether (sulfide) groups is 1. The molecule has 2 aromatic heterocycles. The lowest BCUT2D eigenvalue weighted by atomic mass is 9.89. The Labute approximate surface area is 174 Å². The predicted octanol–water partition coefficient (Wildman–Crippen LogP) is 5.25. The number of benzene rings is 1. The molecule has 1 fully saturated rings. The lowest BCUT2D eigenvalue weighted by Gasteiger charge is -2.17. The van der Waals surface area contributed by atoms with Crippen LogP contribution in [0.15, 0.2) is 33.2 Å². The van der Waals surface area contributed by atoms with E-state index in [9.17, 15) is 13.6 Å². The van der Waals surface area contributed by atoms with Crippen LogP contribution in [-0.2, 0) is 4.79 Å². The number of carbonyl (C=O) groups is 1. The predicted molar refractivity (Wildman–Crippen MR) is 107 cm³/mol. The number of thiazole rings is 1. The number of aromatic nitrogens is 3. The molecule has 0 radical (unpaired) electrons. The van der Waals surface area contributed by atoms with Crippen LogP contribution in [0.5, 0.6) is 0 Å². The Balaban J connectivity index is 1.30. The van der Waals surface area contributed by atoms with E-state index < -0.39 is 11.6 Å². The fraction of sp³-hybridized carbons (Fsp3) is 0.368. The van der Waals surface area contributed by atoms with Crippen LogP contribution in [0.3, 0.4) is 0 Å². The third-order valence-electron chi connectivity index (χ3n) is 4.67. The average Bonchev–Trinajstić information content (AvgIpc) is 3.39. The Morgan fingerprint density at radius 1 is 1.21 bits per heavy atom. The van der Waals surface area contributed by atoms with Crippen molar-refractivity contribution in [1.29, 1.82) is 0 Å². The van der Waals surface area contributed by atoms with Gasteiger partial charge in [0.15, 0.2) is 16.8 Å². The Kier molecular flexibility index (Phi) is 6.19. The fourth-order valence-corrected chi connectivity index (χ4v) is 4.50. The largest absolute Gasteiger partial charge is 0.416 e. The number of carbonyl (C=O) groups excluding carboxylic acids is 1. The standard InChI is InChI=1S/C19H18F2N4O2S2/c20-13-7-6-12(8-14(13)21)15-9-28-18(22-15)23-16(26)10-29-19-25-24-17(27-19)11-4-2-1-3-5-11/h6-9,11H,1-5,10H2,(H,22,23,26). The topological polar surface area (TPSA) is 80.9 Å². The number of nitrogens with one attached hydrogen (secondary N) is 1. The monoisotopic (exact) mass is 436 g/mol. The van der Waals surface area contributed by atoms with Gasteiger partial charge in [-0.2, -0.15) is 0 Å². The quantitative estimate of drug-likeness (QED) is 0.532. The van der Waals surface area contributed by atoms with E-state index in [0.717, 1.165) is 25.0 Å².